The van der Waals surface area contributed by atoms with E-state index in [1.807, 2.05) is 31.2 Å². The molecule has 0 aromatic heterocycles. The Kier molecular flexibility index (Phi) is 3.54. The lowest BCUT2D eigenvalue weighted by atomic mass is 9.94. The maximum atomic E-state index is 11.3. The number of aliphatic hydroxyl groups excluding tert-OH is 1. The van der Waals surface area contributed by atoms with Crippen LogP contribution in [0.5, 0.6) is 0 Å². The van der Waals surface area contributed by atoms with Crippen molar-refractivity contribution in [3.8, 4) is 0 Å². The molecule has 1 aromatic rings. The molecule has 1 fully saturated rings. The fourth-order valence-corrected chi connectivity index (χ4v) is 4.34. The Morgan fingerprint density at radius 3 is 2.71 bits per heavy atom. The zero-order valence-electron chi connectivity index (χ0n) is 9.96. The van der Waals surface area contributed by atoms with Crippen LogP contribution in [-0.2, 0) is 9.84 Å². The standard InChI is InChI=1S/C13H18O3S/c1-10-4-2-3-5-12(10)13(14)8-11-6-7-17(15,16)9-11/h2-5,11,13-14H,6-9H2,1H3. The molecule has 0 spiro atoms. The van der Waals surface area contributed by atoms with Gasteiger partial charge in [-0.25, -0.2) is 8.42 Å². The first-order valence-electron chi connectivity index (χ1n) is 5.92. The van der Waals surface area contributed by atoms with Gasteiger partial charge in [-0.15, -0.1) is 0 Å². The number of rotatable bonds is 3. The van der Waals surface area contributed by atoms with Crippen LogP contribution in [0.2, 0.25) is 0 Å². The summed E-state index contributed by atoms with van der Waals surface area (Å²) in [6.07, 6.45) is 0.685. The molecule has 0 aliphatic carbocycles. The van der Waals surface area contributed by atoms with Crippen LogP contribution in [0.3, 0.4) is 0 Å². The first-order chi connectivity index (χ1) is 7.98. The van der Waals surface area contributed by atoms with E-state index in [0.717, 1.165) is 11.1 Å². The molecule has 2 atom stereocenters. The number of hydrogen-bond donors (Lipinski definition) is 1. The van der Waals surface area contributed by atoms with Gasteiger partial charge < -0.3 is 5.11 Å². The molecule has 0 amide bonds. The Bertz CT molecular complexity index is 493. The lowest BCUT2D eigenvalue weighted by Gasteiger charge is -2.16. The second-order valence-electron chi connectivity index (χ2n) is 4.88. The van der Waals surface area contributed by atoms with Gasteiger partial charge in [0.15, 0.2) is 9.84 Å². The van der Waals surface area contributed by atoms with Crippen molar-refractivity contribution in [2.24, 2.45) is 5.92 Å². The smallest absolute Gasteiger partial charge is 0.150 e. The molecular formula is C13H18O3S. The van der Waals surface area contributed by atoms with E-state index in [-0.39, 0.29) is 17.4 Å². The van der Waals surface area contributed by atoms with E-state index < -0.39 is 15.9 Å². The van der Waals surface area contributed by atoms with Crippen molar-refractivity contribution < 1.29 is 13.5 Å². The zero-order valence-corrected chi connectivity index (χ0v) is 10.8. The minimum absolute atomic E-state index is 0.106. The topological polar surface area (TPSA) is 54.4 Å². The SMILES string of the molecule is Cc1ccccc1C(O)CC1CCS(=O)(=O)C1. The quantitative estimate of drug-likeness (QED) is 0.895. The van der Waals surface area contributed by atoms with Gasteiger partial charge >= 0.3 is 0 Å². The minimum atomic E-state index is -2.84. The molecule has 1 aliphatic rings. The van der Waals surface area contributed by atoms with E-state index in [4.69, 9.17) is 0 Å². The van der Waals surface area contributed by atoms with Crippen molar-refractivity contribution in [3.63, 3.8) is 0 Å². The van der Waals surface area contributed by atoms with E-state index >= 15 is 0 Å². The summed E-state index contributed by atoms with van der Waals surface area (Å²) in [7, 11) is -2.84. The molecule has 4 heteroatoms. The maximum Gasteiger partial charge on any atom is 0.150 e. The van der Waals surface area contributed by atoms with Crippen molar-refractivity contribution in [2.75, 3.05) is 11.5 Å². The van der Waals surface area contributed by atoms with E-state index in [1.54, 1.807) is 0 Å². The summed E-state index contributed by atoms with van der Waals surface area (Å²) in [6.45, 7) is 1.96. The number of aliphatic hydroxyl groups is 1. The molecule has 1 aliphatic heterocycles. The molecule has 1 saturated heterocycles. The molecule has 94 valence electrons. The Morgan fingerprint density at radius 2 is 2.12 bits per heavy atom. The van der Waals surface area contributed by atoms with Gasteiger partial charge in [0.1, 0.15) is 0 Å². The Hall–Kier alpha value is -0.870. The highest BCUT2D eigenvalue weighted by atomic mass is 32.2. The molecule has 1 N–H and O–H groups in total. The van der Waals surface area contributed by atoms with Crippen LogP contribution in [-0.4, -0.2) is 25.0 Å². The summed E-state index contributed by atoms with van der Waals surface area (Å²) < 4.78 is 22.7. The van der Waals surface area contributed by atoms with Crippen molar-refractivity contribution in [3.05, 3.63) is 35.4 Å². The summed E-state index contributed by atoms with van der Waals surface area (Å²) >= 11 is 0. The predicted octanol–water partition coefficient (Wildman–Crippen LogP) is 1.85. The van der Waals surface area contributed by atoms with Crippen LogP contribution >= 0.6 is 0 Å². The first-order valence-corrected chi connectivity index (χ1v) is 7.74. The largest absolute Gasteiger partial charge is 0.388 e. The fraction of sp³-hybridized carbons (Fsp3) is 0.538. The van der Waals surface area contributed by atoms with Crippen molar-refractivity contribution in [1.29, 1.82) is 0 Å². The second kappa shape index (κ2) is 4.78. The van der Waals surface area contributed by atoms with Crippen molar-refractivity contribution in [1.82, 2.24) is 0 Å². The second-order valence-corrected chi connectivity index (χ2v) is 7.11. The monoisotopic (exact) mass is 254 g/mol. The summed E-state index contributed by atoms with van der Waals surface area (Å²) in [4.78, 5) is 0. The van der Waals surface area contributed by atoms with Gasteiger partial charge in [0.2, 0.25) is 0 Å². The maximum absolute atomic E-state index is 11.3. The third-order valence-electron chi connectivity index (χ3n) is 3.43. The molecule has 0 bridgehead atoms. The molecule has 2 unspecified atom stereocenters. The number of hydrogen-bond acceptors (Lipinski definition) is 3. The zero-order chi connectivity index (χ0) is 12.5. The summed E-state index contributed by atoms with van der Waals surface area (Å²) in [5, 5.41) is 10.1. The van der Waals surface area contributed by atoms with E-state index in [0.29, 0.717) is 12.8 Å². The fourth-order valence-electron chi connectivity index (χ4n) is 2.46. The van der Waals surface area contributed by atoms with Crippen LogP contribution in [0.25, 0.3) is 0 Å². The van der Waals surface area contributed by atoms with E-state index in [1.165, 1.54) is 0 Å². The predicted molar refractivity (Wildman–Crippen MR) is 67.5 cm³/mol. The summed E-state index contributed by atoms with van der Waals surface area (Å²) in [5.41, 5.74) is 1.97. The Morgan fingerprint density at radius 1 is 1.41 bits per heavy atom. The van der Waals surface area contributed by atoms with Gasteiger partial charge in [0, 0.05) is 0 Å². The lowest BCUT2D eigenvalue weighted by Crippen LogP contribution is -2.10. The molecule has 2 rings (SSSR count). The van der Waals surface area contributed by atoms with Crippen molar-refractivity contribution >= 4 is 9.84 Å². The lowest BCUT2D eigenvalue weighted by molar-refractivity contribution is 0.148. The third-order valence-corrected chi connectivity index (χ3v) is 5.27. The van der Waals surface area contributed by atoms with Crippen LogP contribution < -0.4 is 0 Å². The summed E-state index contributed by atoms with van der Waals surface area (Å²) in [6, 6.07) is 7.70. The Balaban J connectivity index is 2.03. The molecule has 17 heavy (non-hydrogen) atoms. The van der Waals surface area contributed by atoms with Gasteiger partial charge in [0.05, 0.1) is 17.6 Å². The van der Waals surface area contributed by atoms with Crippen LogP contribution in [0.4, 0.5) is 0 Å². The first kappa shape index (κ1) is 12.6. The molecular weight excluding hydrogens is 236 g/mol. The summed E-state index contributed by atoms with van der Waals surface area (Å²) in [5.74, 6) is 0.614. The molecule has 0 radical (unpaired) electrons. The van der Waals surface area contributed by atoms with Crippen molar-refractivity contribution in [2.45, 2.75) is 25.9 Å². The van der Waals surface area contributed by atoms with Crippen LogP contribution in [0, 0.1) is 12.8 Å². The van der Waals surface area contributed by atoms with Gasteiger partial charge in [-0.2, -0.15) is 0 Å². The molecule has 1 heterocycles. The highest BCUT2D eigenvalue weighted by Gasteiger charge is 2.29. The third kappa shape index (κ3) is 3.07. The van der Waals surface area contributed by atoms with Gasteiger partial charge in [-0.05, 0) is 36.8 Å². The number of aryl methyl sites for hydroxylation is 1. The van der Waals surface area contributed by atoms with Gasteiger partial charge in [-0.3, -0.25) is 0 Å². The average Bonchev–Trinajstić information content (AvgIpc) is 2.58. The number of benzene rings is 1. The highest BCUT2D eigenvalue weighted by molar-refractivity contribution is 7.91. The average molecular weight is 254 g/mol. The Labute approximate surface area is 102 Å². The highest BCUT2D eigenvalue weighted by Crippen LogP contribution is 2.29. The van der Waals surface area contributed by atoms with Crippen LogP contribution in [0.1, 0.15) is 30.1 Å². The van der Waals surface area contributed by atoms with Crippen LogP contribution in [0.15, 0.2) is 24.3 Å². The molecule has 1 aromatic carbocycles. The van der Waals surface area contributed by atoms with Gasteiger partial charge in [-0.1, -0.05) is 24.3 Å². The normalized spacial score (nSPS) is 24.7. The number of sulfone groups is 1. The molecule has 0 saturated carbocycles. The van der Waals surface area contributed by atoms with E-state index in [2.05, 4.69) is 0 Å². The molecule has 3 nitrogen and oxygen atoms in total. The van der Waals surface area contributed by atoms with Gasteiger partial charge in [0.25, 0.3) is 0 Å². The van der Waals surface area contributed by atoms with E-state index in [9.17, 15) is 13.5 Å². The minimum Gasteiger partial charge on any atom is -0.388 e.